The number of likely N-dealkylation sites (N-methyl/N-ethyl adjacent to an activating group) is 1. The molecule has 1 heterocycles. The van der Waals surface area contributed by atoms with E-state index < -0.39 is 0 Å². The van der Waals surface area contributed by atoms with E-state index in [2.05, 4.69) is 0 Å². The van der Waals surface area contributed by atoms with E-state index >= 15 is 0 Å². The van der Waals surface area contributed by atoms with Crippen molar-refractivity contribution in [2.75, 3.05) is 20.3 Å². The van der Waals surface area contributed by atoms with Crippen LogP contribution in [0.2, 0.25) is 0 Å². The highest BCUT2D eigenvalue weighted by atomic mass is 16.5. The van der Waals surface area contributed by atoms with Crippen molar-refractivity contribution in [2.24, 2.45) is 5.92 Å². The lowest BCUT2D eigenvalue weighted by molar-refractivity contribution is -0.138. The molecule has 14 heavy (non-hydrogen) atoms. The SMILES string of the molecule is CC1OCCC1C(=O)N(C)C(C)CO. The number of carbonyl (C=O) groups excluding carboxylic acids is 1. The Morgan fingerprint density at radius 3 is 2.79 bits per heavy atom. The summed E-state index contributed by atoms with van der Waals surface area (Å²) in [5, 5.41) is 8.94. The van der Waals surface area contributed by atoms with Crippen molar-refractivity contribution >= 4 is 5.91 Å². The maximum atomic E-state index is 11.9. The number of hydrogen-bond acceptors (Lipinski definition) is 3. The quantitative estimate of drug-likeness (QED) is 0.712. The Hall–Kier alpha value is -0.610. The third-order valence-electron chi connectivity index (χ3n) is 2.97. The van der Waals surface area contributed by atoms with E-state index in [4.69, 9.17) is 9.84 Å². The summed E-state index contributed by atoms with van der Waals surface area (Å²) >= 11 is 0. The van der Waals surface area contributed by atoms with Crippen LogP contribution in [0, 0.1) is 5.92 Å². The van der Waals surface area contributed by atoms with Crippen molar-refractivity contribution in [3.05, 3.63) is 0 Å². The minimum atomic E-state index is -0.115. The first-order chi connectivity index (χ1) is 6.57. The molecule has 0 spiro atoms. The van der Waals surface area contributed by atoms with E-state index in [0.717, 1.165) is 6.42 Å². The van der Waals surface area contributed by atoms with Gasteiger partial charge in [-0.15, -0.1) is 0 Å². The highest BCUT2D eigenvalue weighted by Gasteiger charge is 2.33. The summed E-state index contributed by atoms with van der Waals surface area (Å²) in [6.45, 7) is 4.43. The zero-order valence-electron chi connectivity index (χ0n) is 9.06. The largest absolute Gasteiger partial charge is 0.394 e. The molecule has 1 rings (SSSR count). The predicted molar refractivity (Wildman–Crippen MR) is 52.8 cm³/mol. The van der Waals surface area contributed by atoms with Crippen LogP contribution >= 0.6 is 0 Å². The Bertz CT molecular complexity index is 208. The molecule has 1 fully saturated rings. The van der Waals surface area contributed by atoms with Crippen LogP contribution in [0.4, 0.5) is 0 Å². The first kappa shape index (κ1) is 11.5. The molecule has 0 saturated carbocycles. The molecular weight excluding hydrogens is 182 g/mol. The minimum absolute atomic E-state index is 0.00416. The molecule has 1 saturated heterocycles. The number of aliphatic hydroxyl groups is 1. The van der Waals surface area contributed by atoms with E-state index in [9.17, 15) is 4.79 Å². The third-order valence-corrected chi connectivity index (χ3v) is 2.97. The van der Waals surface area contributed by atoms with Gasteiger partial charge in [0.05, 0.1) is 24.7 Å². The van der Waals surface area contributed by atoms with E-state index in [-0.39, 0.29) is 30.6 Å². The number of ether oxygens (including phenoxy) is 1. The molecule has 3 unspecified atom stereocenters. The molecule has 4 heteroatoms. The van der Waals surface area contributed by atoms with Gasteiger partial charge in [0.1, 0.15) is 0 Å². The van der Waals surface area contributed by atoms with Gasteiger partial charge >= 0.3 is 0 Å². The second-order valence-corrected chi connectivity index (χ2v) is 3.95. The Morgan fingerprint density at radius 1 is 1.71 bits per heavy atom. The van der Waals surface area contributed by atoms with Crippen LogP contribution in [0.25, 0.3) is 0 Å². The smallest absolute Gasteiger partial charge is 0.228 e. The Balaban J connectivity index is 2.55. The number of rotatable bonds is 3. The van der Waals surface area contributed by atoms with Gasteiger partial charge in [-0.2, -0.15) is 0 Å². The molecule has 0 radical (unpaired) electrons. The van der Waals surface area contributed by atoms with Crippen molar-refractivity contribution in [2.45, 2.75) is 32.4 Å². The molecule has 4 nitrogen and oxygen atoms in total. The normalized spacial score (nSPS) is 28.9. The van der Waals surface area contributed by atoms with Crippen LogP contribution in [0.5, 0.6) is 0 Å². The van der Waals surface area contributed by atoms with Crippen LogP contribution in [-0.4, -0.2) is 48.3 Å². The average Bonchev–Trinajstić information content (AvgIpc) is 2.61. The summed E-state index contributed by atoms with van der Waals surface area (Å²) in [6.07, 6.45) is 0.804. The summed E-state index contributed by atoms with van der Waals surface area (Å²) in [4.78, 5) is 13.5. The number of carbonyl (C=O) groups is 1. The van der Waals surface area contributed by atoms with E-state index in [1.807, 2.05) is 13.8 Å². The van der Waals surface area contributed by atoms with Crippen LogP contribution in [0.3, 0.4) is 0 Å². The molecule has 1 aliphatic rings. The fourth-order valence-corrected chi connectivity index (χ4v) is 1.66. The summed E-state index contributed by atoms with van der Waals surface area (Å²) in [7, 11) is 1.73. The summed E-state index contributed by atoms with van der Waals surface area (Å²) < 4.78 is 5.34. The lowest BCUT2D eigenvalue weighted by Gasteiger charge is -2.27. The molecule has 1 amide bonds. The third kappa shape index (κ3) is 2.25. The maximum absolute atomic E-state index is 11.9. The number of nitrogens with zero attached hydrogens (tertiary/aromatic N) is 1. The Labute approximate surface area is 84.8 Å². The van der Waals surface area contributed by atoms with Crippen molar-refractivity contribution in [3.63, 3.8) is 0 Å². The van der Waals surface area contributed by atoms with Gasteiger partial charge in [-0.05, 0) is 20.3 Å². The monoisotopic (exact) mass is 201 g/mol. The highest BCUT2D eigenvalue weighted by molar-refractivity contribution is 5.79. The minimum Gasteiger partial charge on any atom is -0.394 e. The van der Waals surface area contributed by atoms with Gasteiger partial charge in [-0.3, -0.25) is 4.79 Å². The van der Waals surface area contributed by atoms with Crippen LogP contribution in [0.1, 0.15) is 20.3 Å². The standard InChI is InChI=1S/C10H19NO3/c1-7(6-12)11(3)10(13)9-4-5-14-8(9)2/h7-9,12H,4-6H2,1-3H3. The topological polar surface area (TPSA) is 49.8 Å². The van der Waals surface area contributed by atoms with Gasteiger partial charge in [0.2, 0.25) is 5.91 Å². The predicted octanol–water partition coefficient (Wildman–Crippen LogP) is 0.251. The molecule has 0 aromatic rings. The summed E-state index contributed by atoms with van der Waals surface area (Å²) in [6, 6.07) is -0.115. The maximum Gasteiger partial charge on any atom is 0.228 e. The van der Waals surface area contributed by atoms with Crippen molar-refractivity contribution in [1.29, 1.82) is 0 Å². The van der Waals surface area contributed by atoms with E-state index in [1.54, 1.807) is 11.9 Å². The number of aliphatic hydroxyl groups excluding tert-OH is 1. The molecule has 82 valence electrons. The molecule has 0 aromatic carbocycles. The lowest BCUT2D eigenvalue weighted by Crippen LogP contribution is -2.42. The zero-order valence-corrected chi connectivity index (χ0v) is 9.06. The molecule has 3 atom stereocenters. The molecule has 0 bridgehead atoms. The average molecular weight is 201 g/mol. The first-order valence-corrected chi connectivity index (χ1v) is 5.07. The molecule has 0 aromatic heterocycles. The second-order valence-electron chi connectivity index (χ2n) is 3.95. The Kier molecular flexibility index (Phi) is 3.89. The van der Waals surface area contributed by atoms with Crippen molar-refractivity contribution in [1.82, 2.24) is 4.90 Å². The van der Waals surface area contributed by atoms with Crippen LogP contribution < -0.4 is 0 Å². The van der Waals surface area contributed by atoms with Crippen LogP contribution in [-0.2, 0) is 9.53 Å². The fourth-order valence-electron chi connectivity index (χ4n) is 1.66. The fraction of sp³-hybridized carbons (Fsp3) is 0.900. The molecule has 0 aliphatic carbocycles. The van der Waals surface area contributed by atoms with E-state index in [0.29, 0.717) is 6.61 Å². The van der Waals surface area contributed by atoms with Crippen molar-refractivity contribution in [3.8, 4) is 0 Å². The van der Waals surface area contributed by atoms with Gasteiger partial charge in [-0.1, -0.05) is 0 Å². The van der Waals surface area contributed by atoms with Gasteiger partial charge in [0.15, 0.2) is 0 Å². The molecular formula is C10H19NO3. The highest BCUT2D eigenvalue weighted by Crippen LogP contribution is 2.22. The molecule has 1 aliphatic heterocycles. The number of amides is 1. The van der Waals surface area contributed by atoms with Crippen LogP contribution in [0.15, 0.2) is 0 Å². The zero-order chi connectivity index (χ0) is 10.7. The van der Waals surface area contributed by atoms with Gasteiger partial charge in [0, 0.05) is 13.7 Å². The summed E-state index contributed by atoms with van der Waals surface area (Å²) in [5.74, 6) is 0.0468. The summed E-state index contributed by atoms with van der Waals surface area (Å²) in [5.41, 5.74) is 0. The Morgan fingerprint density at radius 2 is 2.36 bits per heavy atom. The lowest BCUT2D eigenvalue weighted by atomic mass is 10.0. The van der Waals surface area contributed by atoms with E-state index in [1.165, 1.54) is 0 Å². The molecule has 1 N–H and O–H groups in total. The van der Waals surface area contributed by atoms with Gasteiger partial charge in [-0.25, -0.2) is 0 Å². The number of hydrogen-bond donors (Lipinski definition) is 1. The van der Waals surface area contributed by atoms with Crippen molar-refractivity contribution < 1.29 is 14.6 Å². The van der Waals surface area contributed by atoms with Gasteiger partial charge in [0.25, 0.3) is 0 Å². The second kappa shape index (κ2) is 4.75. The van der Waals surface area contributed by atoms with Gasteiger partial charge < -0.3 is 14.7 Å². The first-order valence-electron chi connectivity index (χ1n) is 5.07.